The summed E-state index contributed by atoms with van der Waals surface area (Å²) < 4.78 is 29.3. The maximum absolute atomic E-state index is 12.7. The molecule has 2 rings (SSSR count). The van der Waals surface area contributed by atoms with Crippen LogP contribution in [0.1, 0.15) is 107 Å². The van der Waals surface area contributed by atoms with Crippen LogP contribution in [0.3, 0.4) is 0 Å². The number of hydrogen-bond donors (Lipinski definition) is 0. The Labute approximate surface area is 236 Å². The zero-order valence-corrected chi connectivity index (χ0v) is 26.1. The summed E-state index contributed by atoms with van der Waals surface area (Å²) in [5.41, 5.74) is 0.568. The molecule has 0 saturated carbocycles. The molecule has 0 aliphatic heterocycles. The number of rotatable bonds is 11. The van der Waals surface area contributed by atoms with Crippen molar-refractivity contribution in [3.8, 4) is 11.5 Å². The first-order valence-electron chi connectivity index (χ1n) is 13.9. The maximum atomic E-state index is 12.7. The van der Waals surface area contributed by atoms with Crippen LogP contribution >= 0.6 is 0 Å². The molecule has 0 aromatic heterocycles. The van der Waals surface area contributed by atoms with E-state index in [2.05, 4.69) is 31.2 Å². The molecular formula is C33H50O6. The van der Waals surface area contributed by atoms with E-state index in [-0.39, 0.29) is 36.2 Å². The number of benzene rings is 2. The largest absolute Gasteiger partial charge is 0.465 e. The van der Waals surface area contributed by atoms with Gasteiger partial charge in [-0.2, -0.15) is 0 Å². The van der Waals surface area contributed by atoms with Crippen molar-refractivity contribution in [3.63, 3.8) is 0 Å². The number of carbonyl (C=O) groups is 1. The standard InChI is InChI=1S/C33H50O6/c1-23(37-30(3,4)5)35-27-17-13-25(14-18-27)33(12,22-21-29(34)39-32(9,10)11)26-15-19-28(20-16-26)36-24(2)38-31(6,7)8/h13-20,23-24H,21-22H2,1-12H3. The van der Waals surface area contributed by atoms with Crippen LogP contribution in [0.2, 0.25) is 0 Å². The van der Waals surface area contributed by atoms with E-state index >= 15 is 0 Å². The Balaban J connectivity index is 2.29. The van der Waals surface area contributed by atoms with Gasteiger partial charge in [-0.15, -0.1) is 0 Å². The van der Waals surface area contributed by atoms with E-state index in [0.29, 0.717) is 6.42 Å². The van der Waals surface area contributed by atoms with Crippen LogP contribution in [0.5, 0.6) is 11.5 Å². The summed E-state index contributed by atoms with van der Waals surface area (Å²) in [6.45, 7) is 23.6. The Morgan fingerprint density at radius 2 is 0.974 bits per heavy atom. The Hall–Kier alpha value is -2.57. The molecule has 0 spiro atoms. The van der Waals surface area contributed by atoms with E-state index in [1.54, 1.807) is 0 Å². The predicted molar refractivity (Wildman–Crippen MR) is 156 cm³/mol. The summed E-state index contributed by atoms with van der Waals surface area (Å²) in [6.07, 6.45) is 0.102. The normalized spacial score (nSPS) is 15.7. The zero-order chi connectivity index (χ0) is 29.6. The van der Waals surface area contributed by atoms with Crippen molar-refractivity contribution >= 4 is 5.97 Å². The second-order valence-electron chi connectivity index (χ2n) is 13.3. The molecule has 0 aliphatic carbocycles. The van der Waals surface area contributed by atoms with Gasteiger partial charge in [-0.1, -0.05) is 31.2 Å². The summed E-state index contributed by atoms with van der Waals surface area (Å²) in [5, 5.41) is 0. The van der Waals surface area contributed by atoms with Crippen molar-refractivity contribution in [2.24, 2.45) is 0 Å². The highest BCUT2D eigenvalue weighted by molar-refractivity contribution is 5.70. The minimum atomic E-state index is -0.525. The first-order valence-corrected chi connectivity index (χ1v) is 13.9. The lowest BCUT2D eigenvalue weighted by atomic mass is 9.73. The number of carbonyl (C=O) groups excluding carboxylic acids is 1. The van der Waals surface area contributed by atoms with Crippen molar-refractivity contribution < 1.29 is 28.5 Å². The Bertz CT molecular complexity index is 969. The van der Waals surface area contributed by atoms with Crippen LogP contribution in [-0.4, -0.2) is 35.4 Å². The fourth-order valence-corrected chi connectivity index (χ4v) is 4.43. The molecule has 6 nitrogen and oxygen atoms in total. The lowest BCUT2D eigenvalue weighted by Gasteiger charge is -2.32. The van der Waals surface area contributed by atoms with E-state index < -0.39 is 11.0 Å². The molecule has 0 saturated heterocycles. The van der Waals surface area contributed by atoms with Gasteiger partial charge in [0.1, 0.15) is 17.1 Å². The second kappa shape index (κ2) is 12.7. The van der Waals surface area contributed by atoms with E-state index in [9.17, 15) is 4.79 Å². The van der Waals surface area contributed by atoms with Gasteiger partial charge in [-0.25, -0.2) is 0 Å². The van der Waals surface area contributed by atoms with E-state index in [1.165, 1.54) is 0 Å². The highest BCUT2D eigenvalue weighted by atomic mass is 16.7. The van der Waals surface area contributed by atoms with Crippen LogP contribution in [0.4, 0.5) is 0 Å². The van der Waals surface area contributed by atoms with Crippen LogP contribution in [-0.2, 0) is 24.4 Å². The summed E-state index contributed by atoms with van der Waals surface area (Å²) >= 11 is 0. The molecule has 0 heterocycles. The summed E-state index contributed by atoms with van der Waals surface area (Å²) in [5.74, 6) is 1.23. The monoisotopic (exact) mass is 542 g/mol. The Morgan fingerprint density at radius 1 is 0.615 bits per heavy atom. The highest BCUT2D eigenvalue weighted by Gasteiger charge is 2.31. The van der Waals surface area contributed by atoms with Gasteiger partial charge in [0.05, 0.1) is 11.2 Å². The molecular weight excluding hydrogens is 492 g/mol. The van der Waals surface area contributed by atoms with Crippen molar-refractivity contribution in [1.29, 1.82) is 0 Å². The van der Waals surface area contributed by atoms with Crippen molar-refractivity contribution in [2.75, 3.05) is 0 Å². The maximum Gasteiger partial charge on any atom is 0.306 e. The van der Waals surface area contributed by atoms with Gasteiger partial charge < -0.3 is 23.7 Å². The molecule has 0 N–H and O–H groups in total. The minimum Gasteiger partial charge on any atom is -0.465 e. The number of hydrogen-bond acceptors (Lipinski definition) is 6. The van der Waals surface area contributed by atoms with Gasteiger partial charge in [0.15, 0.2) is 12.6 Å². The molecule has 0 aliphatic rings. The first-order chi connectivity index (χ1) is 17.8. The molecule has 2 atom stereocenters. The van der Waals surface area contributed by atoms with Gasteiger partial charge in [0.25, 0.3) is 0 Å². The van der Waals surface area contributed by atoms with Gasteiger partial charge in [0.2, 0.25) is 0 Å². The lowest BCUT2D eigenvalue weighted by Crippen LogP contribution is -2.29. The SMILES string of the molecule is CC(Oc1ccc(C(C)(CCC(=O)OC(C)(C)C)c2ccc(OC(C)OC(C)(C)C)cc2)cc1)OC(C)(C)C. The Morgan fingerprint density at radius 3 is 1.28 bits per heavy atom. The van der Waals surface area contributed by atoms with Crippen molar-refractivity contribution in [1.82, 2.24) is 0 Å². The molecule has 39 heavy (non-hydrogen) atoms. The molecule has 2 aromatic carbocycles. The highest BCUT2D eigenvalue weighted by Crippen LogP contribution is 2.38. The summed E-state index contributed by atoms with van der Waals surface area (Å²) in [6, 6.07) is 16.0. The smallest absolute Gasteiger partial charge is 0.306 e. The number of ether oxygens (including phenoxy) is 5. The van der Waals surface area contributed by atoms with Crippen LogP contribution in [0.15, 0.2) is 48.5 Å². The van der Waals surface area contributed by atoms with E-state index in [1.807, 2.05) is 100 Å². The fraction of sp³-hybridized carbons (Fsp3) is 0.606. The minimum absolute atomic E-state index is 0.213. The van der Waals surface area contributed by atoms with E-state index in [0.717, 1.165) is 22.6 Å². The summed E-state index contributed by atoms with van der Waals surface area (Å²) in [7, 11) is 0. The van der Waals surface area contributed by atoms with Crippen LogP contribution in [0.25, 0.3) is 0 Å². The van der Waals surface area contributed by atoms with Crippen LogP contribution < -0.4 is 9.47 Å². The Kier molecular flexibility index (Phi) is 10.7. The van der Waals surface area contributed by atoms with E-state index in [4.69, 9.17) is 23.7 Å². The van der Waals surface area contributed by atoms with Gasteiger partial charge in [-0.05, 0) is 118 Å². The average Bonchev–Trinajstić information content (AvgIpc) is 2.74. The molecule has 2 aromatic rings. The molecule has 0 amide bonds. The molecule has 0 radical (unpaired) electrons. The predicted octanol–water partition coefficient (Wildman–Crippen LogP) is 8.19. The molecule has 0 fully saturated rings. The molecule has 0 bridgehead atoms. The average molecular weight is 543 g/mol. The lowest BCUT2D eigenvalue weighted by molar-refractivity contribution is -0.155. The van der Waals surface area contributed by atoms with Crippen LogP contribution in [0, 0.1) is 0 Å². The second-order valence-corrected chi connectivity index (χ2v) is 13.3. The van der Waals surface area contributed by atoms with Crippen molar-refractivity contribution in [2.45, 2.75) is 131 Å². The fourth-order valence-electron chi connectivity index (χ4n) is 4.43. The van der Waals surface area contributed by atoms with Gasteiger partial charge in [-0.3, -0.25) is 4.79 Å². The topological polar surface area (TPSA) is 63.2 Å². The van der Waals surface area contributed by atoms with Crippen molar-refractivity contribution in [3.05, 3.63) is 59.7 Å². The van der Waals surface area contributed by atoms with Gasteiger partial charge >= 0.3 is 5.97 Å². The first kappa shape index (κ1) is 32.6. The number of esters is 1. The third-order valence-corrected chi connectivity index (χ3v) is 5.88. The van der Waals surface area contributed by atoms with Gasteiger partial charge in [0, 0.05) is 11.8 Å². The molecule has 218 valence electrons. The molecule has 6 heteroatoms. The third-order valence-electron chi connectivity index (χ3n) is 5.88. The third kappa shape index (κ3) is 11.6. The molecule has 2 unspecified atom stereocenters. The quantitative estimate of drug-likeness (QED) is 0.211. The summed E-state index contributed by atoms with van der Waals surface area (Å²) in [4.78, 5) is 12.7. The zero-order valence-electron chi connectivity index (χ0n) is 26.1.